The second-order valence-electron chi connectivity index (χ2n) is 4.43. The van der Waals surface area contributed by atoms with E-state index in [4.69, 9.17) is 0 Å². The van der Waals surface area contributed by atoms with Gasteiger partial charge in [0.05, 0.1) is 15.1 Å². The first-order valence-electron chi connectivity index (χ1n) is 6.45. The average molecular weight is 293 g/mol. The van der Waals surface area contributed by atoms with E-state index in [0.717, 1.165) is 19.3 Å². The Morgan fingerprint density at radius 3 is 2.95 bits per heavy atom. The Hall–Kier alpha value is -2.02. The zero-order chi connectivity index (χ0) is 14.5. The smallest absolute Gasteiger partial charge is 0.270 e. The van der Waals surface area contributed by atoms with E-state index in [1.807, 2.05) is 0 Å². The van der Waals surface area contributed by atoms with Crippen LogP contribution in [0.25, 0.3) is 10.2 Å². The number of rotatable bonds is 6. The zero-order valence-electron chi connectivity index (χ0n) is 11.1. The molecule has 1 N–H and O–H groups in total. The van der Waals surface area contributed by atoms with E-state index < -0.39 is 4.92 Å². The first-order chi connectivity index (χ1) is 9.60. The van der Waals surface area contributed by atoms with E-state index in [9.17, 15) is 14.9 Å². The lowest BCUT2D eigenvalue weighted by molar-refractivity contribution is -0.384. The van der Waals surface area contributed by atoms with Crippen LogP contribution in [-0.4, -0.2) is 15.8 Å². The van der Waals surface area contributed by atoms with Crippen LogP contribution >= 0.6 is 11.3 Å². The Morgan fingerprint density at radius 1 is 1.45 bits per heavy atom. The van der Waals surface area contributed by atoms with Gasteiger partial charge in [-0.2, -0.15) is 0 Å². The molecule has 0 saturated heterocycles. The van der Waals surface area contributed by atoms with Crippen molar-refractivity contribution in [3.05, 3.63) is 28.3 Å². The number of nitro benzene ring substituents is 1. The molecule has 1 aromatic carbocycles. The maximum absolute atomic E-state index is 11.7. The predicted molar refractivity (Wildman–Crippen MR) is 79.0 cm³/mol. The third kappa shape index (κ3) is 3.51. The van der Waals surface area contributed by atoms with Gasteiger partial charge in [0.1, 0.15) is 0 Å². The molecule has 0 radical (unpaired) electrons. The summed E-state index contributed by atoms with van der Waals surface area (Å²) in [5.41, 5.74) is 0.687. The van der Waals surface area contributed by atoms with Crippen LogP contribution in [0.1, 0.15) is 32.6 Å². The molecule has 1 amide bonds. The van der Waals surface area contributed by atoms with Gasteiger partial charge in [-0.25, -0.2) is 4.98 Å². The van der Waals surface area contributed by atoms with Gasteiger partial charge in [0, 0.05) is 18.6 Å². The molecule has 106 valence electrons. The molecule has 6 nitrogen and oxygen atoms in total. The molecule has 0 aliphatic carbocycles. The van der Waals surface area contributed by atoms with Crippen LogP contribution in [0, 0.1) is 10.1 Å². The summed E-state index contributed by atoms with van der Waals surface area (Å²) in [5, 5.41) is 13.9. The number of carbonyl (C=O) groups is 1. The standard InChI is InChI=1S/C13H15N3O3S/c1-2-3-4-5-12(17)15-13-14-10-7-6-9(16(18)19)8-11(10)20-13/h6-8H,2-5H2,1H3,(H,14,15,17). The molecule has 7 heteroatoms. The summed E-state index contributed by atoms with van der Waals surface area (Å²) in [5.74, 6) is -0.0630. The number of carbonyl (C=O) groups excluding carboxylic acids is 1. The van der Waals surface area contributed by atoms with Crippen LogP contribution in [0.2, 0.25) is 0 Å². The number of aromatic nitrogens is 1. The third-order valence-corrected chi connectivity index (χ3v) is 3.77. The van der Waals surface area contributed by atoms with E-state index in [1.165, 1.54) is 23.5 Å². The van der Waals surface area contributed by atoms with Crippen LogP contribution in [0.5, 0.6) is 0 Å². The van der Waals surface area contributed by atoms with Crippen molar-refractivity contribution in [3.63, 3.8) is 0 Å². The lowest BCUT2D eigenvalue weighted by Crippen LogP contribution is -2.10. The van der Waals surface area contributed by atoms with Crippen molar-refractivity contribution in [2.24, 2.45) is 0 Å². The molecule has 0 spiro atoms. The van der Waals surface area contributed by atoms with Crippen molar-refractivity contribution in [2.45, 2.75) is 32.6 Å². The summed E-state index contributed by atoms with van der Waals surface area (Å²) in [7, 11) is 0. The number of anilines is 1. The SMILES string of the molecule is CCCCCC(=O)Nc1nc2ccc([N+](=O)[O-])cc2s1. The van der Waals surface area contributed by atoms with Crippen molar-refractivity contribution in [1.82, 2.24) is 4.98 Å². The number of nitro groups is 1. The van der Waals surface area contributed by atoms with E-state index in [2.05, 4.69) is 17.2 Å². The Bertz CT molecular complexity index is 639. The predicted octanol–water partition coefficient (Wildman–Crippen LogP) is 3.72. The summed E-state index contributed by atoms with van der Waals surface area (Å²) in [6, 6.07) is 4.48. The summed E-state index contributed by atoms with van der Waals surface area (Å²) < 4.78 is 0.697. The molecule has 0 fully saturated rings. The van der Waals surface area contributed by atoms with Gasteiger partial charge >= 0.3 is 0 Å². The van der Waals surface area contributed by atoms with Gasteiger partial charge in [0.25, 0.3) is 5.69 Å². The largest absolute Gasteiger partial charge is 0.302 e. The summed E-state index contributed by atoms with van der Waals surface area (Å²) in [6.45, 7) is 2.08. The van der Waals surface area contributed by atoms with Crippen LogP contribution in [0.15, 0.2) is 18.2 Å². The molecule has 1 aromatic heterocycles. The van der Waals surface area contributed by atoms with Crippen molar-refractivity contribution in [2.75, 3.05) is 5.32 Å². The van der Waals surface area contributed by atoms with Crippen LogP contribution in [0.3, 0.4) is 0 Å². The first kappa shape index (κ1) is 14.4. The minimum Gasteiger partial charge on any atom is -0.302 e. The van der Waals surface area contributed by atoms with Gasteiger partial charge < -0.3 is 5.32 Å². The van der Waals surface area contributed by atoms with Gasteiger partial charge in [0.2, 0.25) is 5.91 Å². The van der Waals surface area contributed by atoms with Gasteiger partial charge in [-0.3, -0.25) is 14.9 Å². The van der Waals surface area contributed by atoms with Crippen molar-refractivity contribution in [3.8, 4) is 0 Å². The molecule has 0 aliphatic heterocycles. The number of unbranched alkanes of at least 4 members (excludes halogenated alkanes) is 2. The fraction of sp³-hybridized carbons (Fsp3) is 0.385. The molecule has 0 bridgehead atoms. The van der Waals surface area contributed by atoms with Crippen molar-refractivity contribution in [1.29, 1.82) is 0 Å². The maximum Gasteiger partial charge on any atom is 0.270 e. The number of nitrogens with one attached hydrogen (secondary N) is 1. The van der Waals surface area contributed by atoms with Crippen molar-refractivity contribution < 1.29 is 9.72 Å². The fourth-order valence-electron chi connectivity index (χ4n) is 1.80. The van der Waals surface area contributed by atoms with E-state index in [0.29, 0.717) is 21.8 Å². The molecular weight excluding hydrogens is 278 g/mol. The van der Waals surface area contributed by atoms with Crippen LogP contribution in [0.4, 0.5) is 10.8 Å². The monoisotopic (exact) mass is 293 g/mol. The number of thiazole rings is 1. The minimum atomic E-state index is -0.442. The normalized spacial score (nSPS) is 10.7. The number of hydrogen-bond acceptors (Lipinski definition) is 5. The average Bonchev–Trinajstić information content (AvgIpc) is 2.79. The van der Waals surface area contributed by atoms with Gasteiger partial charge in [-0.1, -0.05) is 31.1 Å². The highest BCUT2D eigenvalue weighted by Gasteiger charge is 2.11. The molecule has 2 rings (SSSR count). The first-order valence-corrected chi connectivity index (χ1v) is 7.26. The topological polar surface area (TPSA) is 85.1 Å². The summed E-state index contributed by atoms with van der Waals surface area (Å²) in [4.78, 5) is 26.2. The molecule has 20 heavy (non-hydrogen) atoms. The van der Waals surface area contributed by atoms with E-state index in [1.54, 1.807) is 6.07 Å². The quantitative estimate of drug-likeness (QED) is 0.499. The Morgan fingerprint density at radius 2 is 2.25 bits per heavy atom. The molecule has 0 aliphatic rings. The van der Waals surface area contributed by atoms with Gasteiger partial charge in [-0.15, -0.1) is 0 Å². The van der Waals surface area contributed by atoms with E-state index >= 15 is 0 Å². The Balaban J connectivity index is 2.08. The van der Waals surface area contributed by atoms with Crippen LogP contribution < -0.4 is 5.32 Å². The number of hydrogen-bond donors (Lipinski definition) is 1. The van der Waals surface area contributed by atoms with E-state index in [-0.39, 0.29) is 11.6 Å². The second-order valence-corrected chi connectivity index (χ2v) is 5.46. The minimum absolute atomic E-state index is 0.0296. The highest BCUT2D eigenvalue weighted by molar-refractivity contribution is 7.22. The molecule has 0 saturated carbocycles. The van der Waals surface area contributed by atoms with Crippen molar-refractivity contribution >= 4 is 38.3 Å². The number of amides is 1. The highest BCUT2D eigenvalue weighted by atomic mass is 32.1. The number of fused-ring (bicyclic) bond motifs is 1. The third-order valence-electron chi connectivity index (χ3n) is 2.84. The second kappa shape index (κ2) is 6.42. The molecule has 0 unspecified atom stereocenters. The maximum atomic E-state index is 11.7. The van der Waals surface area contributed by atoms with Crippen LogP contribution in [-0.2, 0) is 4.79 Å². The summed E-state index contributed by atoms with van der Waals surface area (Å²) >= 11 is 1.25. The lowest BCUT2D eigenvalue weighted by atomic mass is 10.2. The number of nitrogens with zero attached hydrogens (tertiary/aromatic N) is 2. The molecular formula is C13H15N3O3S. The number of non-ortho nitro benzene ring substituents is 1. The summed E-state index contributed by atoms with van der Waals surface area (Å²) in [6.07, 6.45) is 3.43. The molecule has 2 aromatic rings. The highest BCUT2D eigenvalue weighted by Crippen LogP contribution is 2.29. The lowest BCUT2D eigenvalue weighted by Gasteiger charge is -1.99. The number of benzene rings is 1. The Labute approximate surface area is 120 Å². The Kier molecular flexibility index (Phi) is 4.62. The molecule has 0 atom stereocenters. The zero-order valence-corrected chi connectivity index (χ0v) is 11.9. The van der Waals surface area contributed by atoms with Gasteiger partial charge in [0.15, 0.2) is 5.13 Å². The van der Waals surface area contributed by atoms with Gasteiger partial charge in [-0.05, 0) is 12.5 Å². The molecule has 1 heterocycles. The fourth-order valence-corrected chi connectivity index (χ4v) is 2.71.